The maximum atomic E-state index is 13.3. The summed E-state index contributed by atoms with van der Waals surface area (Å²) in [5.74, 6) is 1.25. The maximum Gasteiger partial charge on any atom is 0.272 e. The number of thioether (sulfide) groups is 1. The second kappa shape index (κ2) is 15.8. The number of para-hydroxylation sites is 1. The Morgan fingerprint density at radius 1 is 0.652 bits per heavy atom. The Morgan fingerprint density at radius 3 is 1.87 bits per heavy atom. The Morgan fingerprint density at radius 2 is 1.22 bits per heavy atom. The zero-order valence-corrected chi connectivity index (χ0v) is 25.8. The van der Waals surface area contributed by atoms with Crippen LogP contribution < -0.4 is 25.4 Å². The molecule has 3 N–H and O–H groups in total. The Balaban J connectivity index is 1.16. The molecule has 0 aliphatic heterocycles. The van der Waals surface area contributed by atoms with Crippen LogP contribution in [0.25, 0.3) is 6.08 Å². The highest BCUT2D eigenvalue weighted by molar-refractivity contribution is 8.00. The SMILES string of the molecule is COc1ccc(/C=C(\NC(=O)c2ccccc2)C(=O)Nc2ccc(SCC(=O)Nc3ccc(Oc4ccccc4)cc3)cc2)cc1. The normalized spacial score (nSPS) is 10.8. The van der Waals surface area contributed by atoms with Gasteiger partial charge in [0.05, 0.1) is 12.9 Å². The molecule has 0 unspecified atom stereocenters. The summed E-state index contributed by atoms with van der Waals surface area (Å²) < 4.78 is 11.0. The highest BCUT2D eigenvalue weighted by atomic mass is 32.2. The minimum Gasteiger partial charge on any atom is -0.497 e. The van der Waals surface area contributed by atoms with Crippen LogP contribution in [-0.2, 0) is 9.59 Å². The van der Waals surface area contributed by atoms with E-state index in [0.29, 0.717) is 34.0 Å². The molecule has 0 radical (unpaired) electrons. The molecule has 5 aromatic carbocycles. The van der Waals surface area contributed by atoms with Crippen LogP contribution in [0.2, 0.25) is 0 Å². The fraction of sp³-hybridized carbons (Fsp3) is 0.0541. The fourth-order valence-corrected chi connectivity index (χ4v) is 4.92. The average Bonchev–Trinajstić information content (AvgIpc) is 3.09. The van der Waals surface area contributed by atoms with Gasteiger partial charge >= 0.3 is 0 Å². The minimum absolute atomic E-state index is 0.0776. The number of nitrogens with one attached hydrogen (secondary N) is 3. The van der Waals surface area contributed by atoms with E-state index in [4.69, 9.17) is 9.47 Å². The van der Waals surface area contributed by atoms with Gasteiger partial charge in [-0.1, -0.05) is 48.5 Å². The highest BCUT2D eigenvalue weighted by Crippen LogP contribution is 2.24. The van der Waals surface area contributed by atoms with E-state index in [1.165, 1.54) is 11.8 Å². The summed E-state index contributed by atoms with van der Waals surface area (Å²) >= 11 is 1.37. The van der Waals surface area contributed by atoms with Crippen molar-refractivity contribution in [2.24, 2.45) is 0 Å². The molecular formula is C37H31N3O5S. The van der Waals surface area contributed by atoms with Crippen molar-refractivity contribution in [3.63, 3.8) is 0 Å². The van der Waals surface area contributed by atoms with Gasteiger partial charge in [-0.25, -0.2) is 0 Å². The van der Waals surface area contributed by atoms with E-state index in [-0.39, 0.29) is 17.4 Å². The van der Waals surface area contributed by atoms with Gasteiger partial charge in [-0.3, -0.25) is 14.4 Å². The molecule has 0 atom stereocenters. The topological polar surface area (TPSA) is 106 Å². The molecule has 0 heterocycles. The van der Waals surface area contributed by atoms with Crippen LogP contribution in [0.1, 0.15) is 15.9 Å². The smallest absolute Gasteiger partial charge is 0.272 e. The lowest BCUT2D eigenvalue weighted by Gasteiger charge is -2.12. The number of carbonyl (C=O) groups excluding carboxylic acids is 3. The molecule has 0 fully saturated rings. The van der Waals surface area contributed by atoms with E-state index < -0.39 is 11.8 Å². The monoisotopic (exact) mass is 629 g/mol. The standard InChI is InChI=1S/C37H31N3O5S/c1-44-30-18-12-26(13-19-30)24-34(40-36(42)27-8-4-2-5-9-27)37(43)39-29-16-22-33(23-17-29)46-25-35(41)38-28-14-20-32(21-15-28)45-31-10-6-3-7-11-31/h2-24H,25H2,1H3,(H,38,41)(H,39,43)(H,40,42)/b34-24-. The molecule has 0 aliphatic carbocycles. The molecule has 5 aromatic rings. The van der Waals surface area contributed by atoms with Gasteiger partial charge in [-0.2, -0.15) is 0 Å². The Labute approximate surface area is 271 Å². The van der Waals surface area contributed by atoms with Crippen molar-refractivity contribution in [3.05, 3.63) is 150 Å². The molecule has 0 spiro atoms. The Bertz CT molecular complexity index is 1790. The first kappa shape index (κ1) is 31.6. The van der Waals surface area contributed by atoms with Gasteiger partial charge < -0.3 is 25.4 Å². The van der Waals surface area contributed by atoms with E-state index in [1.807, 2.05) is 48.5 Å². The number of hydrogen-bond donors (Lipinski definition) is 3. The molecule has 8 nitrogen and oxygen atoms in total. The largest absolute Gasteiger partial charge is 0.497 e. The van der Waals surface area contributed by atoms with E-state index in [1.54, 1.807) is 98.1 Å². The number of methoxy groups -OCH3 is 1. The molecule has 230 valence electrons. The fourth-order valence-electron chi connectivity index (χ4n) is 4.22. The lowest BCUT2D eigenvalue weighted by atomic mass is 10.1. The molecule has 0 saturated carbocycles. The van der Waals surface area contributed by atoms with E-state index in [0.717, 1.165) is 10.6 Å². The first-order valence-corrected chi connectivity index (χ1v) is 15.3. The summed E-state index contributed by atoms with van der Waals surface area (Å²) in [7, 11) is 1.57. The molecule has 3 amide bonds. The van der Waals surface area contributed by atoms with Crippen LogP contribution >= 0.6 is 11.8 Å². The summed E-state index contributed by atoms with van der Waals surface area (Å²) in [6, 6.07) is 39.6. The van der Waals surface area contributed by atoms with E-state index in [2.05, 4.69) is 16.0 Å². The zero-order chi connectivity index (χ0) is 32.1. The Hall–Kier alpha value is -5.80. The molecule has 9 heteroatoms. The summed E-state index contributed by atoms with van der Waals surface area (Å²) in [5, 5.41) is 8.46. The van der Waals surface area contributed by atoms with Crippen LogP contribution in [0.4, 0.5) is 11.4 Å². The highest BCUT2D eigenvalue weighted by Gasteiger charge is 2.15. The molecular weight excluding hydrogens is 598 g/mol. The lowest BCUT2D eigenvalue weighted by molar-refractivity contribution is -0.114. The molecule has 0 saturated heterocycles. The number of carbonyl (C=O) groups is 3. The van der Waals surface area contributed by atoms with E-state index in [9.17, 15) is 14.4 Å². The van der Waals surface area contributed by atoms with Crippen molar-refractivity contribution in [3.8, 4) is 17.2 Å². The van der Waals surface area contributed by atoms with Crippen LogP contribution in [0.5, 0.6) is 17.2 Å². The summed E-state index contributed by atoms with van der Waals surface area (Å²) in [5.41, 5.74) is 2.41. The number of benzene rings is 5. The summed E-state index contributed by atoms with van der Waals surface area (Å²) in [4.78, 5) is 39.6. The molecule has 0 bridgehead atoms. The van der Waals surface area contributed by atoms with Crippen LogP contribution in [0, 0.1) is 0 Å². The third-order valence-corrected chi connectivity index (χ3v) is 7.57. The van der Waals surface area contributed by atoms with Crippen molar-refractivity contribution < 1.29 is 23.9 Å². The van der Waals surface area contributed by atoms with Crippen molar-refractivity contribution in [2.75, 3.05) is 23.5 Å². The van der Waals surface area contributed by atoms with Gasteiger partial charge in [0.15, 0.2) is 0 Å². The first-order chi connectivity index (χ1) is 22.4. The first-order valence-electron chi connectivity index (χ1n) is 14.3. The van der Waals surface area contributed by atoms with Crippen LogP contribution in [-0.4, -0.2) is 30.6 Å². The third-order valence-electron chi connectivity index (χ3n) is 6.55. The van der Waals surface area contributed by atoms with E-state index >= 15 is 0 Å². The van der Waals surface area contributed by atoms with Crippen molar-refractivity contribution in [1.29, 1.82) is 0 Å². The van der Waals surface area contributed by atoms with Gasteiger partial charge in [-0.15, -0.1) is 11.8 Å². The van der Waals surface area contributed by atoms with Crippen LogP contribution in [0.3, 0.4) is 0 Å². The average molecular weight is 630 g/mol. The third kappa shape index (κ3) is 9.35. The second-order valence-electron chi connectivity index (χ2n) is 9.91. The van der Waals surface area contributed by atoms with Gasteiger partial charge in [0.2, 0.25) is 5.91 Å². The predicted molar refractivity (Wildman–Crippen MR) is 182 cm³/mol. The van der Waals surface area contributed by atoms with Gasteiger partial charge in [0, 0.05) is 21.8 Å². The van der Waals surface area contributed by atoms with Crippen molar-refractivity contribution in [2.45, 2.75) is 4.90 Å². The molecule has 0 aromatic heterocycles. The van der Waals surface area contributed by atoms with Crippen molar-refractivity contribution in [1.82, 2.24) is 5.32 Å². The predicted octanol–water partition coefficient (Wildman–Crippen LogP) is 7.63. The lowest BCUT2D eigenvalue weighted by Crippen LogP contribution is -2.30. The molecule has 46 heavy (non-hydrogen) atoms. The minimum atomic E-state index is -0.486. The van der Waals surface area contributed by atoms with Gasteiger partial charge in [-0.05, 0) is 96.6 Å². The van der Waals surface area contributed by atoms with Crippen LogP contribution in [0.15, 0.2) is 144 Å². The quantitative estimate of drug-likeness (QED) is 0.0968. The van der Waals surface area contributed by atoms with Gasteiger partial charge in [0.1, 0.15) is 22.9 Å². The summed E-state index contributed by atoms with van der Waals surface area (Å²) in [6.07, 6.45) is 1.60. The maximum absolute atomic E-state index is 13.3. The number of anilines is 2. The Kier molecular flexibility index (Phi) is 10.8. The number of amides is 3. The molecule has 0 aliphatic rings. The number of ether oxygens (including phenoxy) is 2. The number of hydrogen-bond acceptors (Lipinski definition) is 6. The van der Waals surface area contributed by atoms with Gasteiger partial charge in [0.25, 0.3) is 11.8 Å². The summed E-state index contributed by atoms with van der Waals surface area (Å²) in [6.45, 7) is 0. The number of rotatable bonds is 12. The second-order valence-corrected chi connectivity index (χ2v) is 11.0. The zero-order valence-electron chi connectivity index (χ0n) is 24.9. The molecule has 5 rings (SSSR count). The van der Waals surface area contributed by atoms with Crippen molar-refractivity contribution >= 4 is 46.9 Å².